The maximum atomic E-state index is 11.9. The number of rotatable bonds is 5. The predicted molar refractivity (Wildman–Crippen MR) is 77.3 cm³/mol. The largest absolute Gasteiger partial charge is 0.324 e. The highest BCUT2D eigenvalue weighted by molar-refractivity contribution is 9.10. The highest BCUT2D eigenvalue weighted by Crippen LogP contribution is 2.29. The molecular weight excluding hydrogens is 332 g/mol. The van der Waals surface area contributed by atoms with E-state index in [4.69, 9.17) is 0 Å². The number of para-hydroxylation sites is 1. The molecule has 2 rings (SSSR count). The summed E-state index contributed by atoms with van der Waals surface area (Å²) in [5.74, 6) is -0.329. The number of amides is 1. The average molecular weight is 347 g/mol. The van der Waals surface area contributed by atoms with Gasteiger partial charge in [-0.3, -0.25) is 4.79 Å². The van der Waals surface area contributed by atoms with Crippen LogP contribution in [0.15, 0.2) is 28.7 Å². The van der Waals surface area contributed by atoms with Crippen LogP contribution >= 0.6 is 15.9 Å². The molecule has 5 nitrogen and oxygen atoms in total. The van der Waals surface area contributed by atoms with Gasteiger partial charge in [-0.15, -0.1) is 0 Å². The minimum atomic E-state index is -3.34. The first-order chi connectivity index (χ1) is 8.88. The summed E-state index contributed by atoms with van der Waals surface area (Å²) in [7, 11) is -3.34. The van der Waals surface area contributed by atoms with Crippen LogP contribution in [0.25, 0.3) is 0 Å². The molecule has 1 amide bonds. The van der Waals surface area contributed by atoms with Gasteiger partial charge >= 0.3 is 0 Å². The van der Waals surface area contributed by atoms with Gasteiger partial charge in [-0.2, -0.15) is 4.31 Å². The first-order valence-electron chi connectivity index (χ1n) is 5.89. The minimum Gasteiger partial charge on any atom is -0.324 e. The molecule has 0 bridgehead atoms. The lowest BCUT2D eigenvalue weighted by atomic mass is 10.3. The quantitative estimate of drug-likeness (QED) is 0.884. The predicted octanol–water partition coefficient (Wildman–Crippen LogP) is 1.81. The Morgan fingerprint density at radius 1 is 1.42 bits per heavy atom. The van der Waals surface area contributed by atoms with Gasteiger partial charge in [-0.25, -0.2) is 8.42 Å². The number of nitrogens with one attached hydrogen (secondary N) is 1. The fraction of sp³-hybridized carbons (Fsp3) is 0.417. The Bertz CT molecular complexity index is 584. The third kappa shape index (κ3) is 4.02. The molecule has 0 heterocycles. The third-order valence-electron chi connectivity index (χ3n) is 2.83. The van der Waals surface area contributed by atoms with Crippen LogP contribution in [-0.2, 0) is 14.8 Å². The Labute approximate surface area is 121 Å². The smallest absolute Gasteiger partial charge is 0.239 e. The monoisotopic (exact) mass is 346 g/mol. The van der Waals surface area contributed by atoms with Crippen LogP contribution in [0.5, 0.6) is 0 Å². The Kier molecular flexibility index (Phi) is 4.27. The summed E-state index contributed by atoms with van der Waals surface area (Å²) in [6.45, 7) is -0.134. The molecule has 0 aliphatic heterocycles. The number of hydrogen-bond acceptors (Lipinski definition) is 3. The molecule has 1 aliphatic carbocycles. The van der Waals surface area contributed by atoms with Crippen LogP contribution < -0.4 is 5.32 Å². The Morgan fingerprint density at radius 2 is 2.05 bits per heavy atom. The van der Waals surface area contributed by atoms with Crippen LogP contribution in [0, 0.1) is 0 Å². The standard InChI is InChI=1S/C12H15BrN2O3S/c1-19(17,18)15(9-6-7-9)8-12(16)14-11-5-3-2-4-10(11)13/h2-5,9H,6-8H2,1H3,(H,14,16). The van der Waals surface area contributed by atoms with Gasteiger partial charge in [0.2, 0.25) is 15.9 Å². The SMILES string of the molecule is CS(=O)(=O)N(CC(=O)Nc1ccccc1Br)C1CC1. The fourth-order valence-electron chi connectivity index (χ4n) is 1.77. The first kappa shape index (κ1) is 14.5. The van der Waals surface area contributed by atoms with E-state index in [9.17, 15) is 13.2 Å². The Balaban J connectivity index is 2.03. The van der Waals surface area contributed by atoms with E-state index in [1.807, 2.05) is 12.1 Å². The van der Waals surface area contributed by atoms with Crippen molar-refractivity contribution in [2.24, 2.45) is 0 Å². The van der Waals surface area contributed by atoms with E-state index in [0.29, 0.717) is 5.69 Å². The molecule has 0 radical (unpaired) electrons. The molecule has 1 fully saturated rings. The van der Waals surface area contributed by atoms with E-state index in [1.54, 1.807) is 12.1 Å². The number of carbonyl (C=O) groups is 1. The van der Waals surface area contributed by atoms with Crippen molar-refractivity contribution in [3.8, 4) is 0 Å². The first-order valence-corrected chi connectivity index (χ1v) is 8.53. The van der Waals surface area contributed by atoms with Gasteiger partial charge in [0.1, 0.15) is 0 Å². The summed E-state index contributed by atoms with van der Waals surface area (Å²) in [6, 6.07) is 7.19. The lowest BCUT2D eigenvalue weighted by Gasteiger charge is -2.18. The summed E-state index contributed by atoms with van der Waals surface area (Å²) in [6.07, 6.45) is 2.79. The number of benzene rings is 1. The van der Waals surface area contributed by atoms with Gasteiger partial charge in [-0.1, -0.05) is 12.1 Å². The zero-order chi connectivity index (χ0) is 14.0. The second-order valence-corrected chi connectivity index (χ2v) is 7.36. The van der Waals surface area contributed by atoms with Crippen LogP contribution in [0.3, 0.4) is 0 Å². The van der Waals surface area contributed by atoms with Gasteiger partial charge in [0, 0.05) is 10.5 Å². The van der Waals surface area contributed by atoms with E-state index in [-0.39, 0.29) is 18.5 Å². The number of anilines is 1. The summed E-state index contributed by atoms with van der Waals surface area (Å²) in [5, 5.41) is 2.70. The molecule has 1 aliphatic rings. The van der Waals surface area contributed by atoms with E-state index in [1.165, 1.54) is 4.31 Å². The zero-order valence-corrected chi connectivity index (χ0v) is 12.9. The number of halogens is 1. The Morgan fingerprint density at radius 3 is 2.58 bits per heavy atom. The van der Waals surface area contributed by atoms with Gasteiger partial charge in [0.15, 0.2) is 0 Å². The second-order valence-electron chi connectivity index (χ2n) is 4.57. The minimum absolute atomic E-state index is 0.0139. The molecule has 19 heavy (non-hydrogen) atoms. The van der Waals surface area contributed by atoms with E-state index >= 15 is 0 Å². The van der Waals surface area contributed by atoms with E-state index < -0.39 is 10.0 Å². The van der Waals surface area contributed by atoms with Crippen molar-refractivity contribution in [3.63, 3.8) is 0 Å². The molecule has 0 spiro atoms. The summed E-state index contributed by atoms with van der Waals surface area (Å²) >= 11 is 3.33. The van der Waals surface area contributed by atoms with Crippen LogP contribution in [0.2, 0.25) is 0 Å². The third-order valence-corrected chi connectivity index (χ3v) is 4.80. The van der Waals surface area contributed by atoms with E-state index in [2.05, 4.69) is 21.2 Å². The van der Waals surface area contributed by atoms with Crippen molar-refractivity contribution in [3.05, 3.63) is 28.7 Å². The zero-order valence-electron chi connectivity index (χ0n) is 10.5. The fourth-order valence-corrected chi connectivity index (χ4v) is 3.26. The molecule has 0 saturated heterocycles. The van der Waals surface area contributed by atoms with Crippen LogP contribution in [0.4, 0.5) is 5.69 Å². The van der Waals surface area contributed by atoms with Gasteiger partial charge in [-0.05, 0) is 40.9 Å². The van der Waals surface area contributed by atoms with Crippen molar-refractivity contribution in [1.82, 2.24) is 4.31 Å². The molecule has 1 aromatic rings. The lowest BCUT2D eigenvalue weighted by Crippen LogP contribution is -2.38. The van der Waals surface area contributed by atoms with Gasteiger partial charge in [0.05, 0.1) is 18.5 Å². The van der Waals surface area contributed by atoms with Crippen molar-refractivity contribution < 1.29 is 13.2 Å². The van der Waals surface area contributed by atoms with Crippen LogP contribution in [0.1, 0.15) is 12.8 Å². The van der Waals surface area contributed by atoms with Crippen molar-refractivity contribution in [1.29, 1.82) is 0 Å². The summed E-state index contributed by atoms with van der Waals surface area (Å²) < 4.78 is 25.2. The molecule has 7 heteroatoms. The molecule has 1 aromatic carbocycles. The highest BCUT2D eigenvalue weighted by Gasteiger charge is 2.36. The Hall–Kier alpha value is -0.920. The highest BCUT2D eigenvalue weighted by atomic mass is 79.9. The lowest BCUT2D eigenvalue weighted by molar-refractivity contribution is -0.116. The molecule has 1 saturated carbocycles. The number of nitrogens with zero attached hydrogens (tertiary/aromatic N) is 1. The van der Waals surface area contributed by atoms with E-state index in [0.717, 1.165) is 23.6 Å². The molecule has 0 atom stereocenters. The number of hydrogen-bond donors (Lipinski definition) is 1. The maximum Gasteiger partial charge on any atom is 0.239 e. The summed E-state index contributed by atoms with van der Waals surface area (Å²) in [5.41, 5.74) is 0.636. The maximum absolute atomic E-state index is 11.9. The molecule has 1 N–H and O–H groups in total. The summed E-state index contributed by atoms with van der Waals surface area (Å²) in [4.78, 5) is 11.9. The average Bonchev–Trinajstić information content (AvgIpc) is 3.11. The van der Waals surface area contributed by atoms with Crippen molar-refractivity contribution >= 4 is 37.5 Å². The van der Waals surface area contributed by atoms with Gasteiger partial charge < -0.3 is 5.32 Å². The second kappa shape index (κ2) is 5.60. The number of sulfonamides is 1. The number of carbonyl (C=O) groups excluding carboxylic acids is 1. The molecule has 0 aromatic heterocycles. The van der Waals surface area contributed by atoms with Crippen molar-refractivity contribution in [2.75, 3.05) is 18.1 Å². The normalized spacial score (nSPS) is 15.5. The molecule has 104 valence electrons. The van der Waals surface area contributed by atoms with Gasteiger partial charge in [0.25, 0.3) is 0 Å². The van der Waals surface area contributed by atoms with Crippen molar-refractivity contribution in [2.45, 2.75) is 18.9 Å². The van der Waals surface area contributed by atoms with Crippen LogP contribution in [-0.4, -0.2) is 37.5 Å². The molecule has 0 unspecified atom stereocenters. The molecular formula is C12H15BrN2O3S. The topological polar surface area (TPSA) is 66.5 Å².